The molecule has 0 bridgehead atoms. The maximum absolute atomic E-state index is 13.6. The summed E-state index contributed by atoms with van der Waals surface area (Å²) in [5.74, 6) is 1.04. The Labute approximate surface area is 158 Å². The van der Waals surface area contributed by atoms with Crippen molar-refractivity contribution in [2.75, 3.05) is 32.7 Å². The fourth-order valence-electron chi connectivity index (χ4n) is 4.84. The molecule has 3 heteroatoms. The van der Waals surface area contributed by atoms with E-state index < -0.39 is 0 Å². The monoisotopic (exact) mass is 353 g/mol. The van der Waals surface area contributed by atoms with Gasteiger partial charge in [-0.3, -0.25) is 4.79 Å². The number of rotatable bonds is 7. The number of nitrogens with one attached hydrogen (secondary N) is 1. The molecule has 0 spiro atoms. The van der Waals surface area contributed by atoms with Crippen molar-refractivity contribution in [1.29, 1.82) is 0 Å². The fourth-order valence-corrected chi connectivity index (χ4v) is 4.84. The van der Waals surface area contributed by atoms with Crippen LogP contribution in [0.2, 0.25) is 0 Å². The van der Waals surface area contributed by atoms with Gasteiger partial charge in [-0.2, -0.15) is 0 Å². The summed E-state index contributed by atoms with van der Waals surface area (Å²) in [6.45, 7) is 5.59. The molecule has 2 fully saturated rings. The molecule has 3 aliphatic rings. The van der Waals surface area contributed by atoms with Crippen molar-refractivity contribution in [2.24, 2.45) is 5.92 Å². The Kier molecular flexibility index (Phi) is 5.44. The standard InChI is InChI=1S/C23H32N2O/c26-22(23(13-14-23)21-11-5-2-6-12-21)25(18-17-24-15-7-8-16-24)19-20-9-3-1-4-10-20/h1-3,5-6,11-12,20H,4,7-10,13-19H2/p+1/t20-/m0/s1. The van der Waals surface area contributed by atoms with Gasteiger partial charge in [0, 0.05) is 19.4 Å². The van der Waals surface area contributed by atoms with Crippen molar-refractivity contribution in [1.82, 2.24) is 4.90 Å². The minimum atomic E-state index is -0.216. The molecule has 1 N–H and O–H groups in total. The zero-order valence-electron chi connectivity index (χ0n) is 16.0. The molecule has 1 atom stereocenters. The van der Waals surface area contributed by atoms with Gasteiger partial charge in [0.05, 0.1) is 31.6 Å². The maximum atomic E-state index is 13.6. The van der Waals surface area contributed by atoms with E-state index in [1.165, 1.54) is 44.3 Å². The average molecular weight is 354 g/mol. The van der Waals surface area contributed by atoms with Crippen LogP contribution in [0.1, 0.15) is 50.5 Å². The van der Waals surface area contributed by atoms with Gasteiger partial charge in [-0.25, -0.2) is 0 Å². The first-order chi connectivity index (χ1) is 12.8. The van der Waals surface area contributed by atoms with Crippen molar-refractivity contribution < 1.29 is 9.69 Å². The summed E-state index contributed by atoms with van der Waals surface area (Å²) in [5, 5.41) is 0. The largest absolute Gasteiger partial charge is 0.336 e. The number of benzene rings is 1. The van der Waals surface area contributed by atoms with Gasteiger partial charge in [-0.1, -0.05) is 42.5 Å². The fraction of sp³-hybridized carbons (Fsp3) is 0.609. The molecule has 140 valence electrons. The average Bonchev–Trinajstić information content (AvgIpc) is 3.35. The molecule has 26 heavy (non-hydrogen) atoms. The Balaban J connectivity index is 1.47. The smallest absolute Gasteiger partial charge is 0.233 e. The molecule has 1 saturated carbocycles. The summed E-state index contributed by atoms with van der Waals surface area (Å²) in [6.07, 6.45) is 12.9. The molecule has 1 saturated heterocycles. The van der Waals surface area contributed by atoms with Gasteiger partial charge in [0.25, 0.3) is 0 Å². The Morgan fingerprint density at radius 1 is 1.12 bits per heavy atom. The number of nitrogens with zero attached hydrogens (tertiary/aromatic N) is 1. The highest BCUT2D eigenvalue weighted by Crippen LogP contribution is 2.49. The van der Waals surface area contributed by atoms with Crippen LogP contribution in [0.15, 0.2) is 42.5 Å². The van der Waals surface area contributed by atoms with E-state index in [2.05, 4.69) is 41.3 Å². The van der Waals surface area contributed by atoms with Gasteiger partial charge in [0.15, 0.2) is 0 Å². The molecule has 0 aromatic heterocycles. The maximum Gasteiger partial charge on any atom is 0.233 e. The predicted octanol–water partition coefficient (Wildman–Crippen LogP) is 2.58. The van der Waals surface area contributed by atoms with E-state index in [1.807, 2.05) is 6.07 Å². The molecule has 3 nitrogen and oxygen atoms in total. The summed E-state index contributed by atoms with van der Waals surface area (Å²) in [4.78, 5) is 17.5. The van der Waals surface area contributed by atoms with Crippen molar-refractivity contribution in [2.45, 2.75) is 50.4 Å². The number of carbonyl (C=O) groups is 1. The number of quaternary nitrogens is 1. The van der Waals surface area contributed by atoms with Crippen LogP contribution >= 0.6 is 0 Å². The molecule has 2 aliphatic carbocycles. The predicted molar refractivity (Wildman–Crippen MR) is 105 cm³/mol. The molecule has 1 aromatic carbocycles. The van der Waals surface area contributed by atoms with Crippen LogP contribution in [-0.2, 0) is 10.2 Å². The third kappa shape index (κ3) is 3.88. The third-order valence-electron chi connectivity index (χ3n) is 6.68. The van der Waals surface area contributed by atoms with Crippen LogP contribution < -0.4 is 4.90 Å². The van der Waals surface area contributed by atoms with Crippen LogP contribution in [0.4, 0.5) is 0 Å². The van der Waals surface area contributed by atoms with E-state index in [0.717, 1.165) is 38.9 Å². The Morgan fingerprint density at radius 3 is 2.54 bits per heavy atom. The second-order valence-electron chi connectivity index (χ2n) is 8.56. The molecule has 4 rings (SSSR count). The summed E-state index contributed by atoms with van der Waals surface area (Å²) in [6, 6.07) is 10.5. The number of allylic oxidation sites excluding steroid dienone is 2. The Morgan fingerprint density at radius 2 is 1.88 bits per heavy atom. The molecule has 1 amide bonds. The van der Waals surface area contributed by atoms with Gasteiger partial charge in [0.1, 0.15) is 0 Å². The van der Waals surface area contributed by atoms with Crippen molar-refractivity contribution in [3.8, 4) is 0 Å². The van der Waals surface area contributed by atoms with E-state index in [0.29, 0.717) is 11.8 Å². The minimum absolute atomic E-state index is 0.216. The van der Waals surface area contributed by atoms with Gasteiger partial charge in [0.2, 0.25) is 5.91 Å². The first-order valence-electron chi connectivity index (χ1n) is 10.6. The lowest BCUT2D eigenvalue weighted by molar-refractivity contribution is -0.886. The Bertz CT molecular complexity index is 629. The highest BCUT2D eigenvalue weighted by atomic mass is 16.2. The normalized spacial score (nSPS) is 24.5. The first kappa shape index (κ1) is 17.8. The molecule has 1 aliphatic heterocycles. The molecular formula is C23H33N2O+. The summed E-state index contributed by atoms with van der Waals surface area (Å²) < 4.78 is 0. The molecule has 1 heterocycles. The zero-order valence-corrected chi connectivity index (χ0v) is 16.0. The van der Waals surface area contributed by atoms with Crippen molar-refractivity contribution in [3.63, 3.8) is 0 Å². The number of likely N-dealkylation sites (tertiary alicyclic amines) is 1. The lowest BCUT2D eigenvalue weighted by Gasteiger charge is -2.32. The summed E-state index contributed by atoms with van der Waals surface area (Å²) >= 11 is 0. The van der Waals surface area contributed by atoms with Gasteiger partial charge < -0.3 is 9.80 Å². The topological polar surface area (TPSA) is 24.8 Å². The van der Waals surface area contributed by atoms with Gasteiger partial charge in [-0.05, 0) is 43.6 Å². The molecular weight excluding hydrogens is 320 g/mol. The number of amides is 1. The van der Waals surface area contributed by atoms with E-state index in [-0.39, 0.29) is 5.41 Å². The van der Waals surface area contributed by atoms with Crippen LogP contribution in [0.5, 0.6) is 0 Å². The van der Waals surface area contributed by atoms with Crippen LogP contribution in [0, 0.1) is 5.92 Å². The number of carbonyl (C=O) groups excluding carboxylic acids is 1. The quantitative estimate of drug-likeness (QED) is 0.749. The lowest BCUT2D eigenvalue weighted by Crippen LogP contribution is -3.10. The minimum Gasteiger partial charge on any atom is -0.336 e. The lowest BCUT2D eigenvalue weighted by atomic mass is 9.91. The second-order valence-corrected chi connectivity index (χ2v) is 8.56. The van der Waals surface area contributed by atoms with Crippen molar-refractivity contribution in [3.05, 3.63) is 48.0 Å². The highest BCUT2D eigenvalue weighted by Gasteiger charge is 2.53. The third-order valence-corrected chi connectivity index (χ3v) is 6.68. The van der Waals surface area contributed by atoms with Gasteiger partial charge >= 0.3 is 0 Å². The van der Waals surface area contributed by atoms with E-state index in [1.54, 1.807) is 4.90 Å². The second kappa shape index (κ2) is 7.96. The van der Waals surface area contributed by atoms with Crippen LogP contribution in [0.3, 0.4) is 0 Å². The highest BCUT2D eigenvalue weighted by molar-refractivity contribution is 5.91. The molecule has 0 unspecified atom stereocenters. The summed E-state index contributed by atoms with van der Waals surface area (Å²) in [5.41, 5.74) is 1.01. The van der Waals surface area contributed by atoms with E-state index in [9.17, 15) is 4.79 Å². The van der Waals surface area contributed by atoms with Crippen LogP contribution in [0.25, 0.3) is 0 Å². The number of hydrogen-bond donors (Lipinski definition) is 1. The zero-order chi connectivity index (χ0) is 17.8. The summed E-state index contributed by atoms with van der Waals surface area (Å²) in [7, 11) is 0. The first-order valence-corrected chi connectivity index (χ1v) is 10.6. The Hall–Kier alpha value is -1.61. The SMILES string of the molecule is O=C(N(CC[NH+]1CCCC1)C[C@H]1CC=CCC1)C1(c2ccccc2)CC1. The van der Waals surface area contributed by atoms with Crippen LogP contribution in [-0.4, -0.2) is 43.5 Å². The van der Waals surface area contributed by atoms with Crippen molar-refractivity contribution >= 4 is 5.91 Å². The molecule has 0 radical (unpaired) electrons. The number of hydrogen-bond acceptors (Lipinski definition) is 1. The molecule has 1 aromatic rings. The van der Waals surface area contributed by atoms with Gasteiger partial charge in [-0.15, -0.1) is 0 Å². The van der Waals surface area contributed by atoms with E-state index >= 15 is 0 Å². The van der Waals surface area contributed by atoms with E-state index in [4.69, 9.17) is 0 Å².